The minimum Gasteiger partial charge on any atom is -0.478 e. The van der Waals surface area contributed by atoms with Gasteiger partial charge in [-0.3, -0.25) is 4.79 Å². The number of carbonyl (C=O) groups excluding carboxylic acids is 1. The van der Waals surface area contributed by atoms with Crippen LogP contribution in [0.2, 0.25) is 5.02 Å². The van der Waals surface area contributed by atoms with Crippen LogP contribution in [0, 0.1) is 12.3 Å². The molecule has 1 aliphatic carbocycles. The minimum absolute atomic E-state index is 0.198. The van der Waals surface area contributed by atoms with Crippen LogP contribution in [0.3, 0.4) is 0 Å². The van der Waals surface area contributed by atoms with E-state index in [0.717, 1.165) is 52.6 Å². The number of carboxylic acids is 1. The van der Waals surface area contributed by atoms with Crippen molar-refractivity contribution in [3.05, 3.63) is 130 Å². The molecular weight excluding hydrogens is 542 g/mol. The highest BCUT2D eigenvalue weighted by Crippen LogP contribution is 2.38. The van der Waals surface area contributed by atoms with E-state index >= 15 is 0 Å². The van der Waals surface area contributed by atoms with Crippen molar-refractivity contribution in [2.75, 3.05) is 5.32 Å². The molecule has 5 rings (SSSR count). The van der Waals surface area contributed by atoms with Gasteiger partial charge in [-0.25, -0.2) is 4.79 Å². The molecule has 1 amide bonds. The predicted molar refractivity (Wildman–Crippen MR) is 174 cm³/mol. The zero-order valence-corrected chi connectivity index (χ0v) is 24.8. The van der Waals surface area contributed by atoms with Crippen LogP contribution in [-0.2, 0) is 4.79 Å². The molecule has 1 aliphatic rings. The standard InChI is InChI=1S/C37H34ClNO3/c1-24-21-31(38)13-16-33(24)27-11-14-32(15-12-27)39-35(40)34(22-25-7-9-28(10-8-25)36(41)42)30-6-4-5-29(23-30)26-17-19-37(2,3)20-18-26/h4-17,21-23H,18-20H2,1-3H3,(H,39,40)(H,41,42)/b34-22+. The Hall–Kier alpha value is -4.41. The number of anilines is 1. The summed E-state index contributed by atoms with van der Waals surface area (Å²) in [6.45, 7) is 6.61. The number of aryl methyl sites for hydroxylation is 1. The number of aromatic carboxylic acids is 1. The highest BCUT2D eigenvalue weighted by Gasteiger charge is 2.22. The summed E-state index contributed by atoms with van der Waals surface area (Å²) in [7, 11) is 0. The second-order valence-corrected chi connectivity index (χ2v) is 12.1. The summed E-state index contributed by atoms with van der Waals surface area (Å²) in [5.74, 6) is -1.24. The fourth-order valence-electron chi connectivity index (χ4n) is 5.28. The summed E-state index contributed by atoms with van der Waals surface area (Å²) in [5, 5.41) is 13.1. The topological polar surface area (TPSA) is 66.4 Å². The van der Waals surface area contributed by atoms with Crippen LogP contribution in [0.5, 0.6) is 0 Å². The Balaban J connectivity index is 1.46. The number of nitrogens with one attached hydrogen (secondary N) is 1. The van der Waals surface area contributed by atoms with Gasteiger partial charge in [0.05, 0.1) is 5.56 Å². The van der Waals surface area contributed by atoms with Gasteiger partial charge in [0.25, 0.3) is 5.91 Å². The molecule has 4 aromatic rings. The molecular formula is C37H34ClNO3. The Labute approximate surface area is 252 Å². The lowest BCUT2D eigenvalue weighted by Crippen LogP contribution is -2.15. The average Bonchev–Trinajstić information content (AvgIpc) is 2.97. The van der Waals surface area contributed by atoms with E-state index in [1.165, 1.54) is 5.57 Å². The Morgan fingerprint density at radius 2 is 1.62 bits per heavy atom. The van der Waals surface area contributed by atoms with Crippen LogP contribution in [0.15, 0.2) is 97.1 Å². The van der Waals surface area contributed by atoms with E-state index in [0.29, 0.717) is 21.7 Å². The summed E-state index contributed by atoms with van der Waals surface area (Å²) >= 11 is 6.13. The second-order valence-electron chi connectivity index (χ2n) is 11.7. The largest absolute Gasteiger partial charge is 0.478 e. The number of benzene rings is 4. The number of carbonyl (C=O) groups is 2. The maximum atomic E-state index is 13.8. The fraction of sp³-hybridized carbons (Fsp3) is 0.189. The van der Waals surface area contributed by atoms with E-state index in [4.69, 9.17) is 11.6 Å². The number of halogens is 1. The second kappa shape index (κ2) is 12.2. The summed E-state index contributed by atoms with van der Waals surface area (Å²) in [5.41, 5.74) is 8.82. The highest BCUT2D eigenvalue weighted by atomic mass is 35.5. The Kier molecular flexibility index (Phi) is 8.46. The van der Waals surface area contributed by atoms with Gasteiger partial charge in [0.2, 0.25) is 0 Å². The minimum atomic E-state index is -0.989. The van der Waals surface area contributed by atoms with Crippen molar-refractivity contribution in [1.82, 2.24) is 0 Å². The van der Waals surface area contributed by atoms with E-state index < -0.39 is 5.97 Å². The Morgan fingerprint density at radius 1 is 0.881 bits per heavy atom. The molecule has 4 aromatic carbocycles. The van der Waals surface area contributed by atoms with Gasteiger partial charge in [0.15, 0.2) is 0 Å². The molecule has 0 spiro atoms. The van der Waals surface area contributed by atoms with E-state index in [1.807, 2.05) is 67.6 Å². The van der Waals surface area contributed by atoms with E-state index in [1.54, 1.807) is 24.3 Å². The van der Waals surface area contributed by atoms with Crippen molar-refractivity contribution in [1.29, 1.82) is 0 Å². The molecule has 2 N–H and O–H groups in total. The molecule has 0 saturated carbocycles. The monoisotopic (exact) mass is 575 g/mol. The van der Waals surface area contributed by atoms with Crippen LogP contribution in [0.4, 0.5) is 5.69 Å². The molecule has 212 valence electrons. The molecule has 42 heavy (non-hydrogen) atoms. The number of carboxylic acid groups (broad SMARTS) is 1. The van der Waals surface area contributed by atoms with Gasteiger partial charge in [0.1, 0.15) is 0 Å². The number of allylic oxidation sites excluding steroid dienone is 2. The van der Waals surface area contributed by atoms with Crippen molar-refractivity contribution in [2.24, 2.45) is 5.41 Å². The van der Waals surface area contributed by atoms with Crippen LogP contribution < -0.4 is 5.32 Å². The summed E-state index contributed by atoms with van der Waals surface area (Å²) < 4.78 is 0. The molecule has 0 saturated heterocycles. The van der Waals surface area contributed by atoms with Gasteiger partial charge < -0.3 is 10.4 Å². The van der Waals surface area contributed by atoms with E-state index in [-0.39, 0.29) is 11.5 Å². The predicted octanol–water partition coefficient (Wildman–Crippen LogP) is 9.79. The molecule has 4 nitrogen and oxygen atoms in total. The molecule has 0 radical (unpaired) electrons. The molecule has 0 unspecified atom stereocenters. The molecule has 0 heterocycles. The fourth-order valence-corrected chi connectivity index (χ4v) is 5.50. The summed E-state index contributed by atoms with van der Waals surface area (Å²) in [4.78, 5) is 25.2. The normalized spacial score (nSPS) is 14.7. The third-order valence-corrected chi connectivity index (χ3v) is 8.11. The third-order valence-electron chi connectivity index (χ3n) is 7.87. The van der Waals surface area contributed by atoms with Gasteiger partial charge >= 0.3 is 5.97 Å². The molecule has 0 aromatic heterocycles. The molecule has 5 heteroatoms. The maximum Gasteiger partial charge on any atom is 0.335 e. The van der Waals surface area contributed by atoms with E-state index in [9.17, 15) is 14.7 Å². The third kappa shape index (κ3) is 6.89. The van der Waals surface area contributed by atoms with Gasteiger partial charge in [-0.05, 0) is 119 Å². The van der Waals surface area contributed by atoms with Gasteiger partial charge in [0, 0.05) is 16.3 Å². The first-order valence-electron chi connectivity index (χ1n) is 14.1. The lowest BCUT2D eigenvalue weighted by atomic mass is 9.77. The number of hydrogen-bond acceptors (Lipinski definition) is 2. The molecule has 0 aliphatic heterocycles. The number of rotatable bonds is 7. The van der Waals surface area contributed by atoms with Gasteiger partial charge in [-0.2, -0.15) is 0 Å². The maximum absolute atomic E-state index is 13.8. The summed E-state index contributed by atoms with van der Waals surface area (Å²) in [6.07, 6.45) is 7.27. The van der Waals surface area contributed by atoms with Gasteiger partial charge in [-0.15, -0.1) is 0 Å². The average molecular weight is 576 g/mol. The van der Waals surface area contributed by atoms with Crippen molar-refractivity contribution >= 4 is 46.4 Å². The SMILES string of the molecule is Cc1cc(Cl)ccc1-c1ccc(NC(=O)/C(=C/c2ccc(C(=O)O)cc2)c2cccc(C3=CCC(C)(C)CC3)c2)cc1. The molecule has 0 fully saturated rings. The smallest absolute Gasteiger partial charge is 0.335 e. The quantitative estimate of drug-likeness (QED) is 0.170. The van der Waals surface area contributed by atoms with Crippen LogP contribution in [-0.4, -0.2) is 17.0 Å². The van der Waals surface area contributed by atoms with Gasteiger partial charge in [-0.1, -0.05) is 80.1 Å². The zero-order valence-electron chi connectivity index (χ0n) is 24.1. The number of amides is 1. The first kappa shape index (κ1) is 29.1. The lowest BCUT2D eigenvalue weighted by Gasteiger charge is -2.28. The van der Waals surface area contributed by atoms with Crippen molar-refractivity contribution in [3.63, 3.8) is 0 Å². The Morgan fingerprint density at radius 3 is 2.26 bits per heavy atom. The molecule has 0 bridgehead atoms. The first-order valence-corrected chi connectivity index (χ1v) is 14.5. The molecule has 0 atom stereocenters. The number of hydrogen-bond donors (Lipinski definition) is 2. The zero-order chi connectivity index (χ0) is 29.9. The Bertz CT molecular complexity index is 1700. The van der Waals surface area contributed by atoms with Crippen molar-refractivity contribution in [2.45, 2.75) is 40.0 Å². The van der Waals surface area contributed by atoms with Crippen LogP contribution in [0.1, 0.15) is 65.7 Å². The lowest BCUT2D eigenvalue weighted by molar-refractivity contribution is -0.111. The van der Waals surface area contributed by atoms with Crippen molar-refractivity contribution in [3.8, 4) is 11.1 Å². The summed E-state index contributed by atoms with van der Waals surface area (Å²) in [6, 6.07) is 28.2. The van der Waals surface area contributed by atoms with Crippen molar-refractivity contribution < 1.29 is 14.7 Å². The van der Waals surface area contributed by atoms with Crippen LogP contribution >= 0.6 is 11.6 Å². The van der Waals surface area contributed by atoms with E-state index in [2.05, 4.69) is 37.4 Å². The first-order chi connectivity index (χ1) is 20.1. The highest BCUT2D eigenvalue weighted by molar-refractivity contribution is 6.30. The van der Waals surface area contributed by atoms with Crippen LogP contribution in [0.25, 0.3) is 28.3 Å².